The maximum absolute atomic E-state index is 3.66. The summed E-state index contributed by atoms with van der Waals surface area (Å²) in [6.45, 7) is 5.66. The lowest BCUT2D eigenvalue weighted by atomic mass is 10.0. The standard InChI is InChI=1S/C16H26BrN/c1-3-7-16(18-12-4-2)11-6-9-14-8-5-10-15(17)13-14/h5,8,10,13,16,18H,3-4,6-7,9,11-12H2,1-2H3. The molecule has 0 spiro atoms. The Morgan fingerprint density at radius 3 is 2.67 bits per heavy atom. The van der Waals surface area contributed by atoms with Gasteiger partial charge in [-0.3, -0.25) is 0 Å². The first-order chi connectivity index (χ1) is 8.76. The molecule has 0 amide bonds. The first-order valence-corrected chi connectivity index (χ1v) is 8.03. The maximum atomic E-state index is 3.66. The van der Waals surface area contributed by atoms with E-state index in [2.05, 4.69) is 59.4 Å². The van der Waals surface area contributed by atoms with E-state index < -0.39 is 0 Å². The van der Waals surface area contributed by atoms with Crippen molar-refractivity contribution in [2.75, 3.05) is 6.54 Å². The van der Waals surface area contributed by atoms with E-state index in [1.165, 1.54) is 48.6 Å². The summed E-state index contributed by atoms with van der Waals surface area (Å²) in [5, 5.41) is 3.66. The molecule has 1 unspecified atom stereocenters. The Labute approximate surface area is 120 Å². The summed E-state index contributed by atoms with van der Waals surface area (Å²) in [7, 11) is 0. The highest BCUT2D eigenvalue weighted by molar-refractivity contribution is 9.10. The molecule has 1 aromatic rings. The summed E-state index contributed by atoms with van der Waals surface area (Å²) in [4.78, 5) is 0. The molecule has 0 fully saturated rings. The third-order valence-electron chi connectivity index (χ3n) is 3.23. The van der Waals surface area contributed by atoms with Crippen molar-refractivity contribution in [3.63, 3.8) is 0 Å². The molecule has 1 atom stereocenters. The largest absolute Gasteiger partial charge is 0.314 e. The minimum Gasteiger partial charge on any atom is -0.314 e. The van der Waals surface area contributed by atoms with E-state index in [0.29, 0.717) is 6.04 Å². The van der Waals surface area contributed by atoms with E-state index in [1.54, 1.807) is 0 Å². The molecule has 18 heavy (non-hydrogen) atoms. The predicted octanol–water partition coefficient (Wildman–Crippen LogP) is 4.94. The molecule has 0 saturated heterocycles. The second kappa shape index (κ2) is 9.57. The third kappa shape index (κ3) is 6.55. The highest BCUT2D eigenvalue weighted by atomic mass is 79.9. The molecule has 0 bridgehead atoms. The van der Waals surface area contributed by atoms with Crippen molar-refractivity contribution in [3.8, 4) is 0 Å². The van der Waals surface area contributed by atoms with Crippen molar-refractivity contribution in [2.24, 2.45) is 0 Å². The van der Waals surface area contributed by atoms with Gasteiger partial charge in [0.15, 0.2) is 0 Å². The van der Waals surface area contributed by atoms with Crippen molar-refractivity contribution in [3.05, 3.63) is 34.3 Å². The highest BCUT2D eigenvalue weighted by Gasteiger charge is 2.06. The Bertz CT molecular complexity index is 325. The average molecular weight is 312 g/mol. The van der Waals surface area contributed by atoms with Gasteiger partial charge in [-0.25, -0.2) is 0 Å². The van der Waals surface area contributed by atoms with Gasteiger partial charge in [-0.2, -0.15) is 0 Å². The number of hydrogen-bond donors (Lipinski definition) is 1. The monoisotopic (exact) mass is 311 g/mol. The van der Waals surface area contributed by atoms with E-state index in [1.807, 2.05) is 0 Å². The van der Waals surface area contributed by atoms with Gasteiger partial charge in [-0.15, -0.1) is 0 Å². The number of aryl methyl sites for hydroxylation is 1. The quantitative estimate of drug-likeness (QED) is 0.681. The number of rotatable bonds is 9. The van der Waals surface area contributed by atoms with Gasteiger partial charge in [0, 0.05) is 10.5 Å². The fourth-order valence-electron chi connectivity index (χ4n) is 2.29. The van der Waals surface area contributed by atoms with Gasteiger partial charge < -0.3 is 5.32 Å². The number of halogens is 1. The molecule has 0 saturated carbocycles. The topological polar surface area (TPSA) is 12.0 Å². The summed E-state index contributed by atoms with van der Waals surface area (Å²) < 4.78 is 1.19. The van der Waals surface area contributed by atoms with Crippen LogP contribution in [0.4, 0.5) is 0 Å². The van der Waals surface area contributed by atoms with E-state index in [4.69, 9.17) is 0 Å². The van der Waals surface area contributed by atoms with Crippen LogP contribution in [0.1, 0.15) is 51.5 Å². The molecule has 0 radical (unpaired) electrons. The first kappa shape index (κ1) is 15.7. The number of benzene rings is 1. The van der Waals surface area contributed by atoms with Crippen LogP contribution < -0.4 is 5.32 Å². The summed E-state index contributed by atoms with van der Waals surface area (Å²) in [5.41, 5.74) is 1.44. The van der Waals surface area contributed by atoms with Crippen molar-refractivity contribution in [2.45, 2.75) is 58.4 Å². The summed E-state index contributed by atoms with van der Waals surface area (Å²) in [6, 6.07) is 9.37. The molecule has 102 valence electrons. The van der Waals surface area contributed by atoms with Gasteiger partial charge >= 0.3 is 0 Å². The van der Waals surface area contributed by atoms with Crippen LogP contribution >= 0.6 is 15.9 Å². The zero-order valence-electron chi connectivity index (χ0n) is 11.7. The predicted molar refractivity (Wildman–Crippen MR) is 84.1 cm³/mol. The second-order valence-electron chi connectivity index (χ2n) is 4.96. The van der Waals surface area contributed by atoms with Gasteiger partial charge in [0.1, 0.15) is 0 Å². The van der Waals surface area contributed by atoms with Crippen LogP contribution in [-0.4, -0.2) is 12.6 Å². The Morgan fingerprint density at radius 2 is 2.00 bits per heavy atom. The smallest absolute Gasteiger partial charge is 0.0177 e. The molecule has 0 aliphatic heterocycles. The molecule has 0 aromatic heterocycles. The second-order valence-corrected chi connectivity index (χ2v) is 5.88. The lowest BCUT2D eigenvalue weighted by molar-refractivity contribution is 0.438. The molecule has 0 heterocycles. The fourth-order valence-corrected chi connectivity index (χ4v) is 2.74. The summed E-state index contributed by atoms with van der Waals surface area (Å²) in [6.07, 6.45) is 7.56. The Balaban J connectivity index is 2.29. The highest BCUT2D eigenvalue weighted by Crippen LogP contribution is 2.15. The average Bonchev–Trinajstić information content (AvgIpc) is 2.36. The van der Waals surface area contributed by atoms with Gasteiger partial charge in [0.25, 0.3) is 0 Å². The summed E-state index contributed by atoms with van der Waals surface area (Å²) in [5.74, 6) is 0. The van der Waals surface area contributed by atoms with E-state index in [9.17, 15) is 0 Å². The Hall–Kier alpha value is -0.340. The van der Waals surface area contributed by atoms with Crippen molar-refractivity contribution in [1.29, 1.82) is 0 Å². The first-order valence-electron chi connectivity index (χ1n) is 7.24. The van der Waals surface area contributed by atoms with Crippen LogP contribution in [0.5, 0.6) is 0 Å². The van der Waals surface area contributed by atoms with Gasteiger partial charge in [-0.05, 0) is 56.3 Å². The Kier molecular flexibility index (Phi) is 8.36. The van der Waals surface area contributed by atoms with Gasteiger partial charge in [0.2, 0.25) is 0 Å². The van der Waals surface area contributed by atoms with Gasteiger partial charge in [-0.1, -0.05) is 48.3 Å². The normalized spacial score (nSPS) is 12.6. The minimum absolute atomic E-state index is 0.710. The van der Waals surface area contributed by atoms with Crippen LogP contribution in [0.3, 0.4) is 0 Å². The van der Waals surface area contributed by atoms with Crippen molar-refractivity contribution < 1.29 is 0 Å². The molecule has 0 aliphatic carbocycles. The molecule has 1 aromatic carbocycles. The SMILES string of the molecule is CCCNC(CCC)CCCc1cccc(Br)c1. The van der Waals surface area contributed by atoms with E-state index in [0.717, 1.165) is 6.54 Å². The minimum atomic E-state index is 0.710. The van der Waals surface area contributed by atoms with Crippen LogP contribution in [0.25, 0.3) is 0 Å². The van der Waals surface area contributed by atoms with Crippen LogP contribution in [-0.2, 0) is 6.42 Å². The zero-order valence-corrected chi connectivity index (χ0v) is 13.3. The molecule has 2 heteroatoms. The molecule has 1 rings (SSSR count). The van der Waals surface area contributed by atoms with Crippen LogP contribution in [0.15, 0.2) is 28.7 Å². The molecule has 0 aliphatic rings. The molecule has 1 N–H and O–H groups in total. The Morgan fingerprint density at radius 1 is 1.17 bits per heavy atom. The van der Waals surface area contributed by atoms with Crippen LogP contribution in [0, 0.1) is 0 Å². The molecular weight excluding hydrogens is 286 g/mol. The van der Waals surface area contributed by atoms with Crippen molar-refractivity contribution in [1.82, 2.24) is 5.32 Å². The van der Waals surface area contributed by atoms with E-state index >= 15 is 0 Å². The maximum Gasteiger partial charge on any atom is 0.0177 e. The fraction of sp³-hybridized carbons (Fsp3) is 0.625. The number of hydrogen-bond acceptors (Lipinski definition) is 1. The number of nitrogens with one attached hydrogen (secondary N) is 1. The van der Waals surface area contributed by atoms with Gasteiger partial charge in [0.05, 0.1) is 0 Å². The van der Waals surface area contributed by atoms with Crippen LogP contribution in [0.2, 0.25) is 0 Å². The molecular formula is C16H26BrN. The van der Waals surface area contributed by atoms with E-state index in [-0.39, 0.29) is 0 Å². The zero-order chi connectivity index (χ0) is 13.2. The van der Waals surface area contributed by atoms with Crippen molar-refractivity contribution >= 4 is 15.9 Å². The lowest BCUT2D eigenvalue weighted by Gasteiger charge is -2.17. The third-order valence-corrected chi connectivity index (χ3v) is 3.72. The summed E-state index contributed by atoms with van der Waals surface area (Å²) >= 11 is 3.53. The lowest BCUT2D eigenvalue weighted by Crippen LogP contribution is -2.29. The molecule has 1 nitrogen and oxygen atoms in total.